The molecule has 0 bridgehead atoms. The second-order valence-electron chi connectivity index (χ2n) is 5.78. The molecule has 0 radical (unpaired) electrons. The number of hydrogen-bond acceptors (Lipinski definition) is 4. The zero-order chi connectivity index (χ0) is 13.8. The maximum Gasteiger partial charge on any atom is 0.119 e. The Morgan fingerprint density at radius 3 is 2.50 bits per heavy atom. The Morgan fingerprint density at radius 2 is 1.90 bits per heavy atom. The Labute approximate surface area is 121 Å². The summed E-state index contributed by atoms with van der Waals surface area (Å²) in [6.07, 6.45) is 2.69. The molecule has 0 saturated carbocycles. The Bertz CT molecular complexity index is 406. The van der Waals surface area contributed by atoms with Crippen LogP contribution in [0.1, 0.15) is 12.8 Å². The third-order valence-corrected chi connectivity index (χ3v) is 4.45. The highest BCUT2D eigenvalue weighted by atomic mass is 16.5. The van der Waals surface area contributed by atoms with Gasteiger partial charge in [0.25, 0.3) is 0 Å². The summed E-state index contributed by atoms with van der Waals surface area (Å²) in [5.41, 5.74) is 1.31. The first-order valence-corrected chi connectivity index (χ1v) is 7.70. The van der Waals surface area contributed by atoms with Crippen LogP contribution in [0.4, 0.5) is 5.69 Å². The standard InChI is InChI=1S/C16H25N3O/c1-20-16-6-4-15(5-7-16)19-11-9-18(10-12-19)13-14-3-2-8-17-14/h4-7,14,17H,2-3,8-13H2,1H3. The van der Waals surface area contributed by atoms with Gasteiger partial charge >= 0.3 is 0 Å². The van der Waals surface area contributed by atoms with Crippen LogP contribution >= 0.6 is 0 Å². The van der Waals surface area contributed by atoms with Gasteiger partial charge in [-0.2, -0.15) is 0 Å². The lowest BCUT2D eigenvalue weighted by molar-refractivity contribution is 0.236. The second kappa shape index (κ2) is 6.46. The van der Waals surface area contributed by atoms with Crippen molar-refractivity contribution in [2.45, 2.75) is 18.9 Å². The Hall–Kier alpha value is -1.26. The van der Waals surface area contributed by atoms with Crippen LogP contribution in [0.2, 0.25) is 0 Å². The van der Waals surface area contributed by atoms with Gasteiger partial charge in [0.2, 0.25) is 0 Å². The van der Waals surface area contributed by atoms with E-state index in [1.165, 1.54) is 44.7 Å². The summed E-state index contributed by atoms with van der Waals surface area (Å²) in [6, 6.07) is 9.14. The van der Waals surface area contributed by atoms with E-state index >= 15 is 0 Å². The van der Waals surface area contributed by atoms with Crippen LogP contribution in [0, 0.1) is 0 Å². The lowest BCUT2D eigenvalue weighted by Crippen LogP contribution is -2.49. The average Bonchev–Trinajstić information content (AvgIpc) is 3.01. The Kier molecular flexibility index (Phi) is 4.43. The fourth-order valence-electron chi connectivity index (χ4n) is 3.21. The monoisotopic (exact) mass is 275 g/mol. The molecular weight excluding hydrogens is 250 g/mol. The molecule has 2 fully saturated rings. The molecule has 1 aromatic carbocycles. The predicted molar refractivity (Wildman–Crippen MR) is 82.7 cm³/mol. The van der Waals surface area contributed by atoms with Crippen molar-refractivity contribution in [2.24, 2.45) is 0 Å². The van der Waals surface area contributed by atoms with Crippen LogP contribution in [-0.2, 0) is 0 Å². The zero-order valence-electron chi connectivity index (χ0n) is 12.3. The smallest absolute Gasteiger partial charge is 0.119 e. The molecule has 1 atom stereocenters. The van der Waals surface area contributed by atoms with Crippen molar-refractivity contribution in [1.29, 1.82) is 0 Å². The number of ether oxygens (including phenoxy) is 1. The van der Waals surface area contributed by atoms with E-state index in [0.717, 1.165) is 24.9 Å². The lowest BCUT2D eigenvalue weighted by Gasteiger charge is -2.37. The van der Waals surface area contributed by atoms with E-state index in [1.54, 1.807) is 7.11 Å². The maximum absolute atomic E-state index is 5.21. The first-order valence-electron chi connectivity index (χ1n) is 7.70. The van der Waals surface area contributed by atoms with Crippen LogP contribution in [0.3, 0.4) is 0 Å². The number of benzene rings is 1. The number of rotatable bonds is 4. The highest BCUT2D eigenvalue weighted by molar-refractivity contribution is 5.49. The SMILES string of the molecule is COc1ccc(N2CCN(CC3CCCN3)CC2)cc1. The minimum Gasteiger partial charge on any atom is -0.497 e. The molecule has 2 saturated heterocycles. The van der Waals surface area contributed by atoms with Crippen molar-refractivity contribution in [3.8, 4) is 5.75 Å². The Balaban J connectivity index is 1.49. The van der Waals surface area contributed by atoms with Gasteiger partial charge in [-0.15, -0.1) is 0 Å². The predicted octanol–water partition coefficient (Wildman–Crippen LogP) is 1.57. The van der Waals surface area contributed by atoms with Gasteiger partial charge in [0.15, 0.2) is 0 Å². The molecule has 20 heavy (non-hydrogen) atoms. The maximum atomic E-state index is 5.21. The first kappa shape index (κ1) is 13.7. The molecule has 1 aromatic rings. The molecule has 1 N–H and O–H groups in total. The van der Waals surface area contributed by atoms with E-state index < -0.39 is 0 Å². The molecule has 0 aliphatic carbocycles. The van der Waals surface area contributed by atoms with Gasteiger partial charge in [0.1, 0.15) is 5.75 Å². The van der Waals surface area contributed by atoms with Gasteiger partial charge in [0, 0.05) is 44.5 Å². The summed E-state index contributed by atoms with van der Waals surface area (Å²) in [5, 5.41) is 3.59. The molecule has 3 rings (SSSR count). The van der Waals surface area contributed by atoms with E-state index in [1.807, 2.05) is 12.1 Å². The van der Waals surface area contributed by atoms with Crippen LogP contribution in [0.15, 0.2) is 24.3 Å². The van der Waals surface area contributed by atoms with Gasteiger partial charge in [-0.25, -0.2) is 0 Å². The zero-order valence-corrected chi connectivity index (χ0v) is 12.3. The van der Waals surface area contributed by atoms with Gasteiger partial charge in [-0.3, -0.25) is 4.90 Å². The van der Waals surface area contributed by atoms with E-state index in [4.69, 9.17) is 4.74 Å². The molecule has 0 aromatic heterocycles. The van der Waals surface area contributed by atoms with E-state index in [9.17, 15) is 0 Å². The minimum atomic E-state index is 0.725. The number of piperazine rings is 1. The summed E-state index contributed by atoms with van der Waals surface area (Å²) in [4.78, 5) is 5.07. The van der Waals surface area contributed by atoms with Crippen molar-refractivity contribution in [3.05, 3.63) is 24.3 Å². The van der Waals surface area contributed by atoms with E-state index in [2.05, 4.69) is 27.2 Å². The quantitative estimate of drug-likeness (QED) is 0.903. The molecular formula is C16H25N3O. The highest BCUT2D eigenvalue weighted by Gasteiger charge is 2.21. The summed E-state index contributed by atoms with van der Waals surface area (Å²) in [7, 11) is 1.71. The summed E-state index contributed by atoms with van der Waals surface area (Å²) in [5.74, 6) is 0.930. The number of nitrogens with zero attached hydrogens (tertiary/aromatic N) is 2. The van der Waals surface area contributed by atoms with Gasteiger partial charge < -0.3 is 15.0 Å². The molecule has 2 aliphatic rings. The summed E-state index contributed by atoms with van der Waals surface area (Å²) < 4.78 is 5.21. The largest absolute Gasteiger partial charge is 0.497 e. The fraction of sp³-hybridized carbons (Fsp3) is 0.625. The number of hydrogen-bond donors (Lipinski definition) is 1. The fourth-order valence-corrected chi connectivity index (χ4v) is 3.21. The van der Waals surface area contributed by atoms with Crippen LogP contribution in [0.5, 0.6) is 5.75 Å². The molecule has 1 unspecified atom stereocenters. The normalized spacial score (nSPS) is 24.1. The van der Waals surface area contributed by atoms with Crippen LogP contribution in [-0.4, -0.2) is 57.3 Å². The molecule has 4 heteroatoms. The van der Waals surface area contributed by atoms with Gasteiger partial charge in [-0.1, -0.05) is 0 Å². The first-order chi connectivity index (χ1) is 9.85. The third kappa shape index (κ3) is 3.25. The van der Waals surface area contributed by atoms with Crippen LogP contribution < -0.4 is 15.0 Å². The van der Waals surface area contributed by atoms with Crippen molar-refractivity contribution < 1.29 is 4.74 Å². The number of nitrogens with one attached hydrogen (secondary N) is 1. The number of methoxy groups -OCH3 is 1. The van der Waals surface area contributed by atoms with Crippen molar-refractivity contribution in [2.75, 3.05) is 51.3 Å². The van der Waals surface area contributed by atoms with Crippen molar-refractivity contribution in [3.63, 3.8) is 0 Å². The topological polar surface area (TPSA) is 27.7 Å². The highest BCUT2D eigenvalue weighted by Crippen LogP contribution is 2.20. The third-order valence-electron chi connectivity index (χ3n) is 4.45. The van der Waals surface area contributed by atoms with E-state index in [0.29, 0.717) is 0 Å². The van der Waals surface area contributed by atoms with Crippen LogP contribution in [0.25, 0.3) is 0 Å². The lowest BCUT2D eigenvalue weighted by atomic mass is 10.2. The molecule has 2 heterocycles. The average molecular weight is 275 g/mol. The summed E-state index contributed by atoms with van der Waals surface area (Å²) in [6.45, 7) is 7.01. The molecule has 4 nitrogen and oxygen atoms in total. The number of anilines is 1. The van der Waals surface area contributed by atoms with E-state index in [-0.39, 0.29) is 0 Å². The molecule has 110 valence electrons. The molecule has 2 aliphatic heterocycles. The summed E-state index contributed by atoms with van der Waals surface area (Å²) >= 11 is 0. The van der Waals surface area contributed by atoms with Crippen molar-refractivity contribution in [1.82, 2.24) is 10.2 Å². The molecule has 0 amide bonds. The second-order valence-corrected chi connectivity index (χ2v) is 5.78. The molecule has 0 spiro atoms. The van der Waals surface area contributed by atoms with Gasteiger partial charge in [0.05, 0.1) is 7.11 Å². The van der Waals surface area contributed by atoms with Crippen molar-refractivity contribution >= 4 is 5.69 Å². The van der Waals surface area contributed by atoms with Gasteiger partial charge in [-0.05, 0) is 43.7 Å². The Morgan fingerprint density at radius 1 is 1.15 bits per heavy atom. The minimum absolute atomic E-state index is 0.725.